The predicted molar refractivity (Wildman–Crippen MR) is 107 cm³/mol. The largest absolute Gasteiger partial charge is 0.352 e. The van der Waals surface area contributed by atoms with Crippen LogP contribution in [0.3, 0.4) is 0 Å². The Morgan fingerprint density at radius 2 is 1.61 bits per heavy atom. The highest BCUT2D eigenvalue weighted by molar-refractivity contribution is 5.91. The highest BCUT2D eigenvalue weighted by atomic mass is 16.2. The normalized spacial score (nSPS) is 10.6. The molecular formula is C21H22N4O3. The lowest BCUT2D eigenvalue weighted by atomic mass is 10.2. The van der Waals surface area contributed by atoms with E-state index in [1.165, 1.54) is 4.90 Å². The van der Waals surface area contributed by atoms with Gasteiger partial charge in [-0.2, -0.15) is 9.78 Å². The van der Waals surface area contributed by atoms with E-state index in [1.807, 2.05) is 43.3 Å². The Balaban J connectivity index is 2.07. The number of amides is 1. The molecule has 0 aliphatic heterocycles. The molecule has 0 atom stereocenters. The lowest BCUT2D eigenvalue weighted by molar-refractivity contribution is 0.0773. The van der Waals surface area contributed by atoms with E-state index in [0.717, 1.165) is 14.8 Å². The first-order chi connectivity index (χ1) is 13.5. The average Bonchev–Trinajstić information content (AvgIpc) is 2.72. The molecule has 2 aromatic carbocycles. The minimum Gasteiger partial charge on any atom is -0.336 e. The smallest absolute Gasteiger partial charge is 0.336 e. The first kappa shape index (κ1) is 19.3. The molecule has 0 bridgehead atoms. The number of rotatable bonds is 6. The zero-order valence-corrected chi connectivity index (χ0v) is 15.9. The molecule has 0 radical (unpaired) electrons. The molecule has 0 saturated heterocycles. The lowest BCUT2D eigenvalue weighted by Gasteiger charge is -2.18. The maximum absolute atomic E-state index is 13.0. The molecule has 0 N–H and O–H groups in total. The summed E-state index contributed by atoms with van der Waals surface area (Å²) in [5.74, 6) is -0.525. The Bertz CT molecular complexity index is 1070. The highest BCUT2D eigenvalue weighted by Crippen LogP contribution is 2.06. The summed E-state index contributed by atoms with van der Waals surface area (Å²) in [5, 5.41) is 4.13. The number of aromatic nitrogens is 3. The molecule has 144 valence electrons. The van der Waals surface area contributed by atoms with E-state index < -0.39 is 17.2 Å². The van der Waals surface area contributed by atoms with Gasteiger partial charge in [-0.3, -0.25) is 14.2 Å². The van der Waals surface area contributed by atoms with Crippen LogP contribution < -0.4 is 11.2 Å². The van der Waals surface area contributed by atoms with Gasteiger partial charge in [0.25, 0.3) is 11.5 Å². The van der Waals surface area contributed by atoms with Crippen LogP contribution in [0.1, 0.15) is 29.4 Å². The lowest BCUT2D eigenvalue weighted by Crippen LogP contribution is -2.46. The number of hydrogen-bond acceptors (Lipinski definition) is 4. The molecule has 0 saturated carbocycles. The third-order valence-electron chi connectivity index (χ3n) is 4.32. The van der Waals surface area contributed by atoms with Crippen molar-refractivity contribution in [2.45, 2.75) is 26.4 Å². The fourth-order valence-corrected chi connectivity index (χ4v) is 2.92. The summed E-state index contributed by atoms with van der Waals surface area (Å²) >= 11 is 0. The summed E-state index contributed by atoms with van der Waals surface area (Å²) in [7, 11) is 1.61. The van der Waals surface area contributed by atoms with Crippen LogP contribution in [0.25, 0.3) is 5.69 Å². The number of benzene rings is 2. The molecule has 3 rings (SSSR count). The Morgan fingerprint density at radius 3 is 2.21 bits per heavy atom. The van der Waals surface area contributed by atoms with E-state index in [-0.39, 0.29) is 12.2 Å². The second kappa shape index (κ2) is 8.47. The second-order valence-electron chi connectivity index (χ2n) is 6.48. The predicted octanol–water partition coefficient (Wildman–Crippen LogP) is 2.08. The van der Waals surface area contributed by atoms with Gasteiger partial charge < -0.3 is 4.90 Å². The van der Waals surface area contributed by atoms with Crippen LogP contribution in [-0.2, 0) is 13.1 Å². The molecule has 3 aromatic rings. The van der Waals surface area contributed by atoms with Crippen molar-refractivity contribution in [3.8, 4) is 5.69 Å². The van der Waals surface area contributed by atoms with Gasteiger partial charge in [-0.05, 0) is 24.1 Å². The standard InChI is InChI=1S/C21H22N4O3/c1-3-14-24-20(27)18(19(26)23(2)15-16-10-6-4-7-11-16)22-25(21(24)28)17-12-8-5-9-13-17/h4-13H,3,14-15H2,1-2H3. The molecule has 0 fully saturated rings. The summed E-state index contributed by atoms with van der Waals surface area (Å²) < 4.78 is 2.18. The molecule has 28 heavy (non-hydrogen) atoms. The Kier molecular flexibility index (Phi) is 5.84. The highest BCUT2D eigenvalue weighted by Gasteiger charge is 2.22. The van der Waals surface area contributed by atoms with Gasteiger partial charge in [0, 0.05) is 20.1 Å². The third kappa shape index (κ3) is 3.93. The minimum absolute atomic E-state index is 0.218. The number of nitrogens with zero attached hydrogens (tertiary/aromatic N) is 4. The first-order valence-electron chi connectivity index (χ1n) is 9.12. The molecule has 7 nitrogen and oxygen atoms in total. The summed E-state index contributed by atoms with van der Waals surface area (Å²) in [6.07, 6.45) is 0.585. The van der Waals surface area contributed by atoms with Crippen LogP contribution in [0.5, 0.6) is 0 Å². The van der Waals surface area contributed by atoms with Crippen molar-refractivity contribution < 1.29 is 4.79 Å². The van der Waals surface area contributed by atoms with Crippen molar-refractivity contribution in [1.29, 1.82) is 0 Å². The summed E-state index contributed by atoms with van der Waals surface area (Å²) in [4.78, 5) is 39.9. The zero-order chi connectivity index (χ0) is 20.1. The van der Waals surface area contributed by atoms with Crippen LogP contribution >= 0.6 is 0 Å². The van der Waals surface area contributed by atoms with Gasteiger partial charge in [-0.1, -0.05) is 55.5 Å². The van der Waals surface area contributed by atoms with E-state index in [4.69, 9.17) is 0 Å². The van der Waals surface area contributed by atoms with Gasteiger partial charge in [0.2, 0.25) is 5.69 Å². The topological polar surface area (TPSA) is 77.2 Å². The van der Waals surface area contributed by atoms with E-state index in [9.17, 15) is 14.4 Å². The van der Waals surface area contributed by atoms with Crippen LogP contribution in [0.2, 0.25) is 0 Å². The molecule has 0 spiro atoms. The molecule has 7 heteroatoms. The molecular weight excluding hydrogens is 356 g/mol. The number of para-hydroxylation sites is 1. The Labute approximate surface area is 162 Å². The van der Waals surface area contributed by atoms with Crippen molar-refractivity contribution in [2.24, 2.45) is 0 Å². The molecule has 0 aliphatic carbocycles. The van der Waals surface area contributed by atoms with Crippen molar-refractivity contribution >= 4 is 5.91 Å². The van der Waals surface area contributed by atoms with Crippen molar-refractivity contribution in [2.75, 3.05) is 7.05 Å². The molecule has 1 amide bonds. The maximum atomic E-state index is 13.0. The van der Waals surface area contributed by atoms with Crippen molar-refractivity contribution in [3.63, 3.8) is 0 Å². The van der Waals surface area contributed by atoms with Crippen LogP contribution in [0.15, 0.2) is 70.3 Å². The molecule has 1 heterocycles. The fraction of sp³-hybridized carbons (Fsp3) is 0.238. The van der Waals surface area contributed by atoms with Crippen molar-refractivity contribution in [1.82, 2.24) is 19.2 Å². The summed E-state index contributed by atoms with van der Waals surface area (Å²) in [6.45, 7) is 2.41. The Morgan fingerprint density at radius 1 is 1.00 bits per heavy atom. The molecule has 0 aliphatic rings. The van der Waals surface area contributed by atoms with Crippen LogP contribution in [0, 0.1) is 0 Å². The SMILES string of the molecule is CCCn1c(=O)c(C(=O)N(C)Cc2ccccc2)nn(-c2ccccc2)c1=O. The van der Waals surface area contributed by atoms with E-state index in [2.05, 4.69) is 5.10 Å². The van der Waals surface area contributed by atoms with Crippen LogP contribution in [-0.4, -0.2) is 32.2 Å². The number of hydrogen-bond donors (Lipinski definition) is 0. The Hall–Kier alpha value is -3.48. The average molecular weight is 378 g/mol. The number of carbonyl (C=O) groups excluding carboxylic acids is 1. The minimum atomic E-state index is -0.663. The van der Waals surface area contributed by atoms with Gasteiger partial charge >= 0.3 is 5.69 Å². The zero-order valence-electron chi connectivity index (χ0n) is 15.9. The van der Waals surface area contributed by atoms with Gasteiger partial charge in [0.15, 0.2) is 0 Å². The monoisotopic (exact) mass is 378 g/mol. The van der Waals surface area contributed by atoms with Gasteiger partial charge in [-0.25, -0.2) is 4.79 Å². The first-order valence-corrected chi connectivity index (χ1v) is 9.12. The third-order valence-corrected chi connectivity index (χ3v) is 4.32. The maximum Gasteiger partial charge on any atom is 0.352 e. The second-order valence-corrected chi connectivity index (χ2v) is 6.48. The van der Waals surface area contributed by atoms with Crippen LogP contribution in [0.4, 0.5) is 0 Å². The van der Waals surface area contributed by atoms with E-state index in [1.54, 1.807) is 31.3 Å². The van der Waals surface area contributed by atoms with E-state index >= 15 is 0 Å². The van der Waals surface area contributed by atoms with Gasteiger partial charge in [-0.15, -0.1) is 0 Å². The molecule has 1 aromatic heterocycles. The fourth-order valence-electron chi connectivity index (χ4n) is 2.92. The molecule has 0 unspecified atom stereocenters. The number of carbonyl (C=O) groups is 1. The summed E-state index contributed by atoms with van der Waals surface area (Å²) in [5.41, 5.74) is -0.0553. The summed E-state index contributed by atoms with van der Waals surface area (Å²) in [6, 6.07) is 18.2. The van der Waals surface area contributed by atoms with Crippen molar-refractivity contribution in [3.05, 3.63) is 92.8 Å². The van der Waals surface area contributed by atoms with Gasteiger partial charge in [0.05, 0.1) is 5.69 Å². The van der Waals surface area contributed by atoms with E-state index in [0.29, 0.717) is 18.7 Å². The van der Waals surface area contributed by atoms with Gasteiger partial charge in [0.1, 0.15) is 0 Å². The quantitative estimate of drug-likeness (QED) is 0.658.